The first-order valence-corrected chi connectivity index (χ1v) is 19.8. The summed E-state index contributed by atoms with van der Waals surface area (Å²) < 4.78 is 1.97. The molecule has 6 aliphatic heterocycles. The number of hydrogen-bond acceptors (Lipinski definition) is 12. The maximum absolute atomic E-state index is 13.5. The van der Waals surface area contributed by atoms with Gasteiger partial charge in [0.1, 0.15) is 11.9 Å². The van der Waals surface area contributed by atoms with Crippen LogP contribution in [0.1, 0.15) is 69.0 Å². The third-order valence-electron chi connectivity index (χ3n) is 12.2. The highest BCUT2D eigenvalue weighted by molar-refractivity contribution is 6.23. The van der Waals surface area contributed by atoms with E-state index in [0.717, 1.165) is 68.3 Å². The van der Waals surface area contributed by atoms with Crippen LogP contribution in [-0.4, -0.2) is 140 Å². The number of rotatable bonds is 9. The molecule has 57 heavy (non-hydrogen) atoms. The Morgan fingerprint density at radius 1 is 0.965 bits per heavy atom. The fourth-order valence-corrected chi connectivity index (χ4v) is 9.20. The van der Waals surface area contributed by atoms with Gasteiger partial charge in [-0.25, -0.2) is 14.8 Å². The smallest absolute Gasteiger partial charge is 0.320 e. The molecule has 3 atom stereocenters. The maximum atomic E-state index is 13.5. The van der Waals surface area contributed by atoms with Crippen molar-refractivity contribution in [1.82, 2.24) is 44.7 Å². The average Bonchev–Trinajstić information content (AvgIpc) is 3.97. The summed E-state index contributed by atoms with van der Waals surface area (Å²) in [7, 11) is 1.82. The van der Waals surface area contributed by atoms with Gasteiger partial charge in [-0.05, 0) is 56.2 Å². The quantitative estimate of drug-likeness (QED) is 0.266. The van der Waals surface area contributed by atoms with Gasteiger partial charge in [-0.2, -0.15) is 5.10 Å². The van der Waals surface area contributed by atoms with Gasteiger partial charge in [-0.15, -0.1) is 0 Å². The van der Waals surface area contributed by atoms with Crippen molar-refractivity contribution in [3.8, 4) is 0 Å². The Kier molecular flexibility index (Phi) is 9.29. The van der Waals surface area contributed by atoms with Gasteiger partial charge in [0.15, 0.2) is 17.3 Å². The summed E-state index contributed by atoms with van der Waals surface area (Å²) in [6.45, 7) is 11.4. The third kappa shape index (κ3) is 6.80. The van der Waals surface area contributed by atoms with Crippen molar-refractivity contribution in [2.75, 3.05) is 74.5 Å². The van der Waals surface area contributed by atoms with Crippen molar-refractivity contribution in [1.29, 1.82) is 0 Å². The van der Waals surface area contributed by atoms with E-state index in [1.807, 2.05) is 28.8 Å². The van der Waals surface area contributed by atoms with Gasteiger partial charge in [-0.1, -0.05) is 6.58 Å². The molecule has 6 amide bonds. The minimum absolute atomic E-state index is 0.0296. The highest BCUT2D eigenvalue weighted by Gasteiger charge is 2.44. The molecule has 0 radical (unpaired) electrons. The zero-order chi connectivity index (χ0) is 39.5. The number of fused-ring (bicyclic) bond motifs is 2. The summed E-state index contributed by atoms with van der Waals surface area (Å²) in [5.74, 6) is -0.124. The van der Waals surface area contributed by atoms with Gasteiger partial charge in [0.2, 0.25) is 5.91 Å². The Labute approximate surface area is 329 Å². The molecule has 298 valence electrons. The molecule has 0 bridgehead atoms. The van der Waals surface area contributed by atoms with Crippen LogP contribution in [0.3, 0.4) is 0 Å². The Bertz CT molecular complexity index is 2190. The van der Waals surface area contributed by atoms with Crippen LogP contribution in [0, 0.1) is 5.92 Å². The van der Waals surface area contributed by atoms with Gasteiger partial charge in [0.25, 0.3) is 17.7 Å². The molecule has 8 heterocycles. The summed E-state index contributed by atoms with van der Waals surface area (Å²) in [6, 6.07) is 6.67. The average molecular weight is 778 g/mol. The van der Waals surface area contributed by atoms with E-state index in [9.17, 15) is 24.0 Å². The highest BCUT2D eigenvalue weighted by atomic mass is 16.2. The maximum Gasteiger partial charge on any atom is 0.320 e. The van der Waals surface area contributed by atoms with Gasteiger partial charge in [0.05, 0.1) is 35.6 Å². The number of nitrogens with zero attached hydrogens (tertiary/aromatic N) is 10. The standard InChI is InChI=1S/C39H47N13O5/c1-23-5-8-30(36(54)42-23)52-37(55)28-7-6-25(16-29(28)38(52)56)48-11-9-24(20-48)19-47-13-15-51-27(21-47)17-31(45-51)43-35-33(34(40)53)41-18-32(44-35)49-10-3-4-26(22-49)50-14-12-46(2)39(50)57/h6-7,16-18,24,26,30H,1,3-5,8-15,19-22H2,2H3,(H2,40,53)(H,42,54)(H,43,44,45)/t24-,26-,30?/m0/s1. The summed E-state index contributed by atoms with van der Waals surface area (Å²) >= 11 is 0. The number of nitrogens with two attached hydrogens (primary N) is 1. The molecule has 4 N–H and O–H groups in total. The van der Waals surface area contributed by atoms with E-state index < -0.39 is 23.8 Å². The van der Waals surface area contributed by atoms with E-state index in [0.29, 0.717) is 79.9 Å². The van der Waals surface area contributed by atoms with Gasteiger partial charge in [0, 0.05) is 83.4 Å². The van der Waals surface area contributed by atoms with E-state index in [2.05, 4.69) is 36.9 Å². The van der Waals surface area contributed by atoms with Crippen molar-refractivity contribution in [3.63, 3.8) is 0 Å². The Morgan fingerprint density at radius 3 is 2.60 bits per heavy atom. The third-order valence-corrected chi connectivity index (χ3v) is 12.2. The number of urea groups is 1. The number of imide groups is 1. The van der Waals surface area contributed by atoms with Gasteiger partial charge in [-0.3, -0.25) is 33.7 Å². The largest absolute Gasteiger partial charge is 0.371 e. The molecule has 0 saturated carbocycles. The number of hydrogen-bond donors (Lipinski definition) is 3. The molecule has 4 saturated heterocycles. The zero-order valence-corrected chi connectivity index (χ0v) is 32.0. The first-order chi connectivity index (χ1) is 27.5. The van der Waals surface area contributed by atoms with E-state index >= 15 is 0 Å². The monoisotopic (exact) mass is 777 g/mol. The predicted octanol–water partition coefficient (Wildman–Crippen LogP) is 1.58. The molecule has 0 aliphatic carbocycles. The van der Waals surface area contributed by atoms with E-state index in [1.165, 1.54) is 0 Å². The first kappa shape index (κ1) is 36.6. The first-order valence-electron chi connectivity index (χ1n) is 19.8. The summed E-state index contributed by atoms with van der Waals surface area (Å²) in [6.07, 6.45) is 5.27. The molecule has 6 aliphatic rings. The second kappa shape index (κ2) is 14.5. The van der Waals surface area contributed by atoms with Crippen LogP contribution >= 0.6 is 0 Å². The minimum Gasteiger partial charge on any atom is -0.371 e. The molecule has 18 nitrogen and oxygen atoms in total. The number of benzene rings is 1. The molecule has 4 fully saturated rings. The van der Waals surface area contributed by atoms with E-state index in [1.54, 1.807) is 23.2 Å². The molecule has 18 heteroatoms. The second-order valence-corrected chi connectivity index (χ2v) is 16.0. The zero-order valence-electron chi connectivity index (χ0n) is 32.0. The number of piperidine rings is 2. The lowest BCUT2D eigenvalue weighted by molar-refractivity contribution is -0.125. The Balaban J connectivity index is 0.827. The van der Waals surface area contributed by atoms with Crippen LogP contribution in [0.2, 0.25) is 0 Å². The number of carbonyl (C=O) groups is 5. The number of anilines is 4. The van der Waals surface area contributed by atoms with Crippen molar-refractivity contribution in [2.24, 2.45) is 11.7 Å². The molecule has 9 rings (SSSR count). The molecule has 1 aromatic carbocycles. The van der Waals surface area contributed by atoms with Crippen LogP contribution < -0.4 is 26.2 Å². The fourth-order valence-electron chi connectivity index (χ4n) is 9.20. The summed E-state index contributed by atoms with van der Waals surface area (Å²) in [5, 5.41) is 10.7. The van der Waals surface area contributed by atoms with Crippen LogP contribution in [0.15, 0.2) is 42.7 Å². The summed E-state index contributed by atoms with van der Waals surface area (Å²) in [5.41, 5.74) is 8.95. The molecule has 2 aromatic heterocycles. The Morgan fingerprint density at radius 2 is 1.81 bits per heavy atom. The number of allylic oxidation sites excluding steroid dienone is 1. The number of likely N-dealkylation sites (N-methyl/N-ethyl adjacent to an activating group) is 1. The molecule has 3 aromatic rings. The van der Waals surface area contributed by atoms with Crippen LogP contribution in [0.25, 0.3) is 0 Å². The van der Waals surface area contributed by atoms with Crippen LogP contribution in [0.4, 0.5) is 27.9 Å². The predicted molar refractivity (Wildman–Crippen MR) is 209 cm³/mol. The van der Waals surface area contributed by atoms with Crippen LogP contribution in [0.5, 0.6) is 0 Å². The van der Waals surface area contributed by atoms with Crippen molar-refractivity contribution in [2.45, 2.75) is 57.3 Å². The van der Waals surface area contributed by atoms with Gasteiger partial charge < -0.3 is 36.0 Å². The van der Waals surface area contributed by atoms with E-state index in [-0.39, 0.29) is 29.5 Å². The van der Waals surface area contributed by atoms with Crippen molar-refractivity contribution in [3.05, 3.63) is 65.3 Å². The topological polar surface area (TPSA) is 198 Å². The molecule has 0 spiro atoms. The number of aromatic nitrogens is 4. The Hall–Kier alpha value is -6.04. The number of nitrogens with one attached hydrogen (secondary N) is 2. The second-order valence-electron chi connectivity index (χ2n) is 16.0. The molecular formula is C39H47N13O5. The van der Waals surface area contributed by atoms with E-state index in [4.69, 9.17) is 15.8 Å². The minimum atomic E-state index is -0.835. The lowest BCUT2D eigenvalue weighted by Gasteiger charge is -2.37. The lowest BCUT2D eigenvalue weighted by Crippen LogP contribution is -2.51. The number of amides is 6. The van der Waals surface area contributed by atoms with Crippen molar-refractivity contribution < 1.29 is 24.0 Å². The fraction of sp³-hybridized carbons (Fsp3) is 0.487. The normalized spacial score (nSPS) is 24.1. The number of carbonyl (C=O) groups excluding carboxylic acids is 5. The number of primary amides is 1. The molecular weight excluding hydrogens is 731 g/mol. The van der Waals surface area contributed by atoms with Crippen molar-refractivity contribution >= 4 is 52.8 Å². The highest BCUT2D eigenvalue weighted by Crippen LogP contribution is 2.34. The lowest BCUT2D eigenvalue weighted by atomic mass is 10.0. The van der Waals surface area contributed by atoms with Crippen LogP contribution in [-0.2, 0) is 17.9 Å². The SMILES string of the molecule is C=C1CCC(N2C(=O)c3ccc(N4CC[C@@H](CN5CCn6nc(Nc7nc(N8CCC[C@H](N9CCN(C)C9=O)C8)cnc7C(N)=O)cc6C5)C4)cc3C2=O)C(=O)N1. The summed E-state index contributed by atoms with van der Waals surface area (Å²) in [4.78, 5) is 85.2. The molecule has 1 unspecified atom stereocenters. The van der Waals surface area contributed by atoms with Gasteiger partial charge >= 0.3 is 6.03 Å².